The maximum Gasteiger partial charge on any atom is 0.188 e. The molecule has 12 heavy (non-hydrogen) atoms. The Labute approximate surface area is 93.5 Å². The second-order valence-electron chi connectivity index (χ2n) is 2.10. The van der Waals surface area contributed by atoms with E-state index in [2.05, 4.69) is 38.5 Å². The predicted molar refractivity (Wildman–Crippen MR) is 59.4 cm³/mol. The van der Waals surface area contributed by atoms with Crippen LogP contribution in [0.1, 0.15) is 0 Å². The minimum absolute atomic E-state index is 0.284. The van der Waals surface area contributed by atoms with Gasteiger partial charge in [0, 0.05) is 11.6 Å². The highest BCUT2D eigenvalue weighted by Crippen LogP contribution is 2.27. The molecule has 0 aliphatic rings. The van der Waals surface area contributed by atoms with Crippen molar-refractivity contribution in [3.8, 4) is 5.75 Å². The summed E-state index contributed by atoms with van der Waals surface area (Å²) in [6, 6.07) is 5.81. The van der Waals surface area contributed by atoms with Crippen molar-refractivity contribution in [3.05, 3.63) is 26.2 Å². The van der Waals surface area contributed by atoms with Crippen molar-refractivity contribution < 1.29 is 9.47 Å². The van der Waals surface area contributed by atoms with Gasteiger partial charge in [0.1, 0.15) is 5.75 Å². The van der Waals surface area contributed by atoms with Crippen LogP contribution >= 0.6 is 38.5 Å². The lowest BCUT2D eigenvalue weighted by molar-refractivity contribution is 0.0504. The van der Waals surface area contributed by atoms with E-state index in [1.165, 1.54) is 0 Å². The van der Waals surface area contributed by atoms with Gasteiger partial charge in [0.2, 0.25) is 0 Å². The fourth-order valence-corrected chi connectivity index (χ4v) is 1.58. The molecule has 0 saturated carbocycles. The van der Waals surface area contributed by atoms with Gasteiger partial charge < -0.3 is 9.47 Å². The number of methoxy groups -OCH3 is 1. The zero-order chi connectivity index (χ0) is 8.97. The van der Waals surface area contributed by atoms with Gasteiger partial charge in [-0.25, -0.2) is 0 Å². The van der Waals surface area contributed by atoms with E-state index >= 15 is 0 Å². The van der Waals surface area contributed by atoms with Crippen LogP contribution in [0.25, 0.3) is 0 Å². The van der Waals surface area contributed by atoms with Crippen LogP contribution in [0, 0.1) is 3.57 Å². The first-order chi connectivity index (χ1) is 5.75. The summed E-state index contributed by atoms with van der Waals surface area (Å²) in [4.78, 5) is 0. The molecule has 1 aromatic carbocycles. The van der Waals surface area contributed by atoms with Gasteiger partial charge >= 0.3 is 0 Å². The summed E-state index contributed by atoms with van der Waals surface area (Å²) >= 11 is 5.63. The molecule has 0 atom stereocenters. The third kappa shape index (κ3) is 2.60. The van der Waals surface area contributed by atoms with E-state index < -0.39 is 0 Å². The highest BCUT2D eigenvalue weighted by atomic mass is 127. The molecule has 0 aliphatic heterocycles. The third-order valence-corrected chi connectivity index (χ3v) is 3.76. The minimum atomic E-state index is 0.284. The summed E-state index contributed by atoms with van der Waals surface area (Å²) in [5.41, 5.74) is 0. The predicted octanol–water partition coefficient (Wildman–Crippen LogP) is 3.04. The van der Waals surface area contributed by atoms with Crippen molar-refractivity contribution in [2.24, 2.45) is 0 Å². The van der Waals surface area contributed by atoms with Crippen LogP contribution in [-0.2, 0) is 4.74 Å². The fourth-order valence-electron chi connectivity index (χ4n) is 0.718. The topological polar surface area (TPSA) is 18.5 Å². The molecular weight excluding hydrogens is 335 g/mol. The molecule has 0 bridgehead atoms. The molecule has 1 aromatic rings. The Morgan fingerprint density at radius 2 is 2.25 bits per heavy atom. The monoisotopic (exact) mass is 342 g/mol. The van der Waals surface area contributed by atoms with Gasteiger partial charge in [-0.15, -0.1) is 0 Å². The van der Waals surface area contributed by atoms with Gasteiger partial charge in [0.15, 0.2) is 6.79 Å². The molecule has 0 aromatic heterocycles. The standard InChI is InChI=1S/C8H8BrIO2/c1-11-5-12-7-4-2-3-6(9)8(7)10/h2-4H,5H2,1H3. The first-order valence-electron chi connectivity index (χ1n) is 3.31. The largest absolute Gasteiger partial charge is 0.466 e. The second-order valence-corrected chi connectivity index (χ2v) is 4.04. The van der Waals surface area contributed by atoms with Crippen LogP contribution in [0.4, 0.5) is 0 Å². The molecule has 0 spiro atoms. The van der Waals surface area contributed by atoms with Crippen molar-refractivity contribution in [1.29, 1.82) is 0 Å². The van der Waals surface area contributed by atoms with Crippen LogP contribution in [0.3, 0.4) is 0 Å². The van der Waals surface area contributed by atoms with Gasteiger partial charge in [-0.3, -0.25) is 0 Å². The number of ether oxygens (including phenoxy) is 2. The van der Waals surface area contributed by atoms with Crippen molar-refractivity contribution >= 4 is 38.5 Å². The fraction of sp³-hybridized carbons (Fsp3) is 0.250. The number of hydrogen-bond donors (Lipinski definition) is 0. The Morgan fingerprint density at radius 3 is 2.92 bits per heavy atom. The molecule has 0 amide bonds. The molecule has 4 heteroatoms. The van der Waals surface area contributed by atoms with Crippen LogP contribution in [-0.4, -0.2) is 13.9 Å². The van der Waals surface area contributed by atoms with Crippen molar-refractivity contribution in [1.82, 2.24) is 0 Å². The Balaban J connectivity index is 2.78. The first-order valence-corrected chi connectivity index (χ1v) is 5.18. The quantitative estimate of drug-likeness (QED) is 0.621. The van der Waals surface area contributed by atoms with Crippen LogP contribution < -0.4 is 4.74 Å². The van der Waals surface area contributed by atoms with Gasteiger partial charge in [-0.2, -0.15) is 0 Å². The average Bonchev–Trinajstić information content (AvgIpc) is 2.08. The molecule has 0 radical (unpaired) electrons. The van der Waals surface area contributed by atoms with Crippen LogP contribution in [0.2, 0.25) is 0 Å². The van der Waals surface area contributed by atoms with E-state index in [-0.39, 0.29) is 6.79 Å². The van der Waals surface area contributed by atoms with E-state index in [0.717, 1.165) is 13.8 Å². The van der Waals surface area contributed by atoms with Crippen LogP contribution in [0.15, 0.2) is 22.7 Å². The normalized spacial score (nSPS) is 9.92. The van der Waals surface area contributed by atoms with E-state index in [1.54, 1.807) is 7.11 Å². The van der Waals surface area contributed by atoms with E-state index in [9.17, 15) is 0 Å². The smallest absolute Gasteiger partial charge is 0.188 e. The van der Waals surface area contributed by atoms with Crippen molar-refractivity contribution in [2.45, 2.75) is 0 Å². The Bertz CT molecular complexity index is 265. The molecule has 0 saturated heterocycles. The molecular formula is C8H8BrIO2. The average molecular weight is 343 g/mol. The maximum atomic E-state index is 5.31. The lowest BCUT2D eigenvalue weighted by Crippen LogP contribution is -2.00. The Kier molecular flexibility index (Phi) is 4.31. The Hall–Kier alpha value is 0.190. The highest BCUT2D eigenvalue weighted by molar-refractivity contribution is 14.1. The summed E-state index contributed by atoms with van der Waals surface area (Å²) < 4.78 is 12.2. The number of rotatable bonds is 3. The second kappa shape index (κ2) is 5.04. The number of hydrogen-bond acceptors (Lipinski definition) is 2. The molecule has 0 fully saturated rings. The molecule has 0 heterocycles. The summed E-state index contributed by atoms with van der Waals surface area (Å²) in [6.07, 6.45) is 0. The Morgan fingerprint density at radius 1 is 1.50 bits per heavy atom. The van der Waals surface area contributed by atoms with Gasteiger partial charge in [0.05, 0.1) is 3.57 Å². The molecule has 0 aliphatic carbocycles. The van der Waals surface area contributed by atoms with E-state index in [0.29, 0.717) is 0 Å². The zero-order valence-corrected chi connectivity index (χ0v) is 10.3. The van der Waals surface area contributed by atoms with Crippen LogP contribution in [0.5, 0.6) is 5.75 Å². The number of benzene rings is 1. The SMILES string of the molecule is COCOc1cccc(Br)c1I. The van der Waals surface area contributed by atoms with Crippen molar-refractivity contribution in [3.63, 3.8) is 0 Å². The zero-order valence-electron chi connectivity index (χ0n) is 6.51. The third-order valence-electron chi connectivity index (χ3n) is 1.25. The van der Waals surface area contributed by atoms with Gasteiger partial charge in [-0.1, -0.05) is 6.07 Å². The van der Waals surface area contributed by atoms with E-state index in [4.69, 9.17) is 9.47 Å². The molecule has 2 nitrogen and oxygen atoms in total. The molecule has 0 N–H and O–H groups in total. The van der Waals surface area contributed by atoms with E-state index in [1.807, 2.05) is 18.2 Å². The van der Waals surface area contributed by atoms with Gasteiger partial charge in [-0.05, 0) is 50.7 Å². The molecule has 1 rings (SSSR count). The maximum absolute atomic E-state index is 5.31. The molecule has 66 valence electrons. The summed E-state index contributed by atoms with van der Waals surface area (Å²) in [6.45, 7) is 0.284. The first kappa shape index (κ1) is 10.3. The van der Waals surface area contributed by atoms with Crippen molar-refractivity contribution in [2.75, 3.05) is 13.9 Å². The summed E-state index contributed by atoms with van der Waals surface area (Å²) in [5, 5.41) is 0. The summed E-state index contributed by atoms with van der Waals surface area (Å²) in [5.74, 6) is 0.840. The number of halogens is 2. The van der Waals surface area contributed by atoms with Gasteiger partial charge in [0.25, 0.3) is 0 Å². The lowest BCUT2D eigenvalue weighted by atomic mass is 10.3. The highest BCUT2D eigenvalue weighted by Gasteiger charge is 2.02. The lowest BCUT2D eigenvalue weighted by Gasteiger charge is -2.07. The summed E-state index contributed by atoms with van der Waals surface area (Å²) in [7, 11) is 1.60. The molecule has 0 unspecified atom stereocenters. The minimum Gasteiger partial charge on any atom is -0.466 e.